The Bertz CT molecular complexity index is 1330. The molecule has 1 N–H and O–H groups in total. The Kier molecular flexibility index (Phi) is 6.60. The van der Waals surface area contributed by atoms with E-state index in [9.17, 15) is 19.3 Å². The van der Waals surface area contributed by atoms with Crippen LogP contribution in [0.25, 0.3) is 22.3 Å². The van der Waals surface area contributed by atoms with Crippen LogP contribution in [-0.2, 0) is 11.2 Å². The molecule has 0 atom stereocenters. The standard InChI is InChI=1S/C24H19FN4O3S/c1-2-15-3-12-21-20(13-15)24(28-23(27-21)16-4-6-17(25)7-5-16)33-14-22(30)26-18-8-10-19(11-9-18)29(31)32/h3-13H,2,14H2,1H3,(H,26,30). The van der Waals surface area contributed by atoms with Gasteiger partial charge < -0.3 is 5.32 Å². The third kappa shape index (κ3) is 5.32. The summed E-state index contributed by atoms with van der Waals surface area (Å²) in [6.45, 7) is 2.05. The number of aromatic nitrogens is 2. The van der Waals surface area contributed by atoms with Gasteiger partial charge in [-0.25, -0.2) is 14.4 Å². The third-order valence-corrected chi connectivity index (χ3v) is 5.93. The molecule has 0 radical (unpaired) electrons. The second kappa shape index (κ2) is 9.74. The molecule has 1 heterocycles. The number of nitro benzene ring substituents is 1. The summed E-state index contributed by atoms with van der Waals surface area (Å²) in [6, 6.07) is 17.5. The fourth-order valence-corrected chi connectivity index (χ4v) is 4.01. The third-order valence-electron chi connectivity index (χ3n) is 4.94. The number of carbonyl (C=O) groups excluding carboxylic acids is 1. The minimum Gasteiger partial charge on any atom is -0.325 e. The summed E-state index contributed by atoms with van der Waals surface area (Å²) in [4.78, 5) is 32.1. The van der Waals surface area contributed by atoms with Gasteiger partial charge in [0.2, 0.25) is 5.91 Å². The SMILES string of the molecule is CCc1ccc2nc(-c3ccc(F)cc3)nc(SCC(=O)Nc3ccc([N+](=O)[O-])cc3)c2c1. The van der Waals surface area contributed by atoms with Gasteiger partial charge in [0.25, 0.3) is 5.69 Å². The van der Waals surface area contributed by atoms with Crippen molar-refractivity contribution in [2.75, 3.05) is 11.1 Å². The second-order valence-corrected chi connectivity index (χ2v) is 8.17. The molecule has 0 unspecified atom stereocenters. The van der Waals surface area contributed by atoms with Crippen LogP contribution in [0.4, 0.5) is 15.8 Å². The Morgan fingerprint density at radius 2 is 1.79 bits per heavy atom. The summed E-state index contributed by atoms with van der Waals surface area (Å²) >= 11 is 1.27. The summed E-state index contributed by atoms with van der Waals surface area (Å²) < 4.78 is 13.3. The van der Waals surface area contributed by atoms with Crippen molar-refractivity contribution in [2.24, 2.45) is 0 Å². The Balaban J connectivity index is 1.58. The predicted molar refractivity (Wildman–Crippen MR) is 127 cm³/mol. The lowest BCUT2D eigenvalue weighted by atomic mass is 10.1. The number of non-ortho nitro benzene ring substituents is 1. The number of nitrogens with one attached hydrogen (secondary N) is 1. The van der Waals surface area contributed by atoms with Crippen molar-refractivity contribution < 1.29 is 14.1 Å². The van der Waals surface area contributed by atoms with Gasteiger partial charge in [0.05, 0.1) is 16.2 Å². The van der Waals surface area contributed by atoms with Gasteiger partial charge in [0.1, 0.15) is 10.8 Å². The van der Waals surface area contributed by atoms with E-state index in [4.69, 9.17) is 0 Å². The number of carbonyl (C=O) groups is 1. The first kappa shape index (κ1) is 22.3. The lowest BCUT2D eigenvalue weighted by Gasteiger charge is -2.10. The van der Waals surface area contributed by atoms with Crippen LogP contribution in [0.5, 0.6) is 0 Å². The van der Waals surface area contributed by atoms with Gasteiger partial charge in [-0.05, 0) is 60.5 Å². The number of benzene rings is 3. The molecule has 0 aliphatic heterocycles. The summed E-state index contributed by atoms with van der Waals surface area (Å²) in [6.07, 6.45) is 0.848. The molecule has 0 aliphatic carbocycles. The van der Waals surface area contributed by atoms with Crippen LogP contribution in [0, 0.1) is 15.9 Å². The first-order valence-corrected chi connectivity index (χ1v) is 11.1. The zero-order chi connectivity index (χ0) is 23.4. The Hall–Kier alpha value is -3.85. The van der Waals surface area contributed by atoms with Crippen LogP contribution >= 0.6 is 11.8 Å². The lowest BCUT2D eigenvalue weighted by molar-refractivity contribution is -0.384. The average Bonchev–Trinajstić information content (AvgIpc) is 2.82. The molecule has 0 spiro atoms. The molecule has 0 aliphatic rings. The predicted octanol–water partition coefficient (Wildman–Crippen LogP) is 5.64. The first-order chi connectivity index (χ1) is 15.9. The highest BCUT2D eigenvalue weighted by atomic mass is 32.2. The Morgan fingerprint density at radius 1 is 1.06 bits per heavy atom. The number of nitrogens with zero attached hydrogens (tertiary/aromatic N) is 3. The van der Waals surface area contributed by atoms with Crippen molar-refractivity contribution in [3.63, 3.8) is 0 Å². The molecule has 3 aromatic carbocycles. The summed E-state index contributed by atoms with van der Waals surface area (Å²) in [5.74, 6) is -0.0762. The van der Waals surface area contributed by atoms with Crippen LogP contribution in [-0.4, -0.2) is 26.6 Å². The maximum atomic E-state index is 13.3. The van der Waals surface area contributed by atoms with E-state index < -0.39 is 4.92 Å². The number of halogens is 1. The van der Waals surface area contributed by atoms with Crippen LogP contribution < -0.4 is 5.32 Å². The second-order valence-electron chi connectivity index (χ2n) is 7.21. The van der Waals surface area contributed by atoms with Gasteiger partial charge in [-0.1, -0.05) is 24.8 Å². The van der Waals surface area contributed by atoms with Gasteiger partial charge in [0.15, 0.2) is 5.82 Å². The van der Waals surface area contributed by atoms with Crippen molar-refractivity contribution in [3.05, 3.63) is 88.2 Å². The highest BCUT2D eigenvalue weighted by Crippen LogP contribution is 2.30. The lowest BCUT2D eigenvalue weighted by Crippen LogP contribution is -2.14. The van der Waals surface area contributed by atoms with Crippen LogP contribution in [0.1, 0.15) is 12.5 Å². The first-order valence-electron chi connectivity index (χ1n) is 10.2. The average molecular weight is 463 g/mol. The van der Waals surface area contributed by atoms with Gasteiger partial charge in [-0.15, -0.1) is 0 Å². The van der Waals surface area contributed by atoms with E-state index in [-0.39, 0.29) is 23.2 Å². The molecule has 1 aromatic heterocycles. The van der Waals surface area contributed by atoms with Crippen molar-refractivity contribution >= 4 is 39.9 Å². The van der Waals surface area contributed by atoms with E-state index in [0.717, 1.165) is 22.9 Å². The number of hydrogen-bond acceptors (Lipinski definition) is 6. The Morgan fingerprint density at radius 3 is 2.45 bits per heavy atom. The van der Waals surface area contributed by atoms with Crippen LogP contribution in [0.3, 0.4) is 0 Å². The van der Waals surface area contributed by atoms with Crippen molar-refractivity contribution in [2.45, 2.75) is 18.4 Å². The number of rotatable bonds is 7. The topological polar surface area (TPSA) is 98.0 Å². The highest BCUT2D eigenvalue weighted by Gasteiger charge is 2.13. The fraction of sp³-hybridized carbons (Fsp3) is 0.125. The summed E-state index contributed by atoms with van der Waals surface area (Å²) in [5.41, 5.74) is 2.96. The normalized spacial score (nSPS) is 10.8. The van der Waals surface area contributed by atoms with Crippen molar-refractivity contribution in [3.8, 4) is 11.4 Å². The number of anilines is 1. The van der Waals surface area contributed by atoms with Gasteiger partial charge in [0, 0.05) is 28.8 Å². The Labute approximate surface area is 193 Å². The van der Waals surface area contributed by atoms with E-state index in [0.29, 0.717) is 22.1 Å². The van der Waals surface area contributed by atoms with E-state index in [1.807, 2.05) is 18.2 Å². The van der Waals surface area contributed by atoms with E-state index in [2.05, 4.69) is 22.2 Å². The minimum absolute atomic E-state index is 0.0464. The van der Waals surface area contributed by atoms with Gasteiger partial charge in [-0.2, -0.15) is 0 Å². The van der Waals surface area contributed by atoms with Crippen molar-refractivity contribution in [1.82, 2.24) is 9.97 Å². The van der Waals surface area contributed by atoms with Gasteiger partial charge in [-0.3, -0.25) is 14.9 Å². The van der Waals surface area contributed by atoms with Gasteiger partial charge >= 0.3 is 0 Å². The number of hydrogen-bond donors (Lipinski definition) is 1. The van der Waals surface area contributed by atoms with Crippen LogP contribution in [0.2, 0.25) is 0 Å². The fourth-order valence-electron chi connectivity index (χ4n) is 3.20. The number of nitro groups is 1. The molecule has 0 saturated carbocycles. The molecule has 33 heavy (non-hydrogen) atoms. The summed E-state index contributed by atoms with van der Waals surface area (Å²) in [7, 11) is 0. The molecule has 4 aromatic rings. The zero-order valence-electron chi connectivity index (χ0n) is 17.6. The maximum absolute atomic E-state index is 13.3. The molecule has 0 fully saturated rings. The number of thioether (sulfide) groups is 1. The van der Waals surface area contributed by atoms with E-state index in [1.54, 1.807) is 12.1 Å². The number of aryl methyl sites for hydroxylation is 1. The molecule has 0 saturated heterocycles. The van der Waals surface area contributed by atoms with E-state index in [1.165, 1.54) is 48.2 Å². The largest absolute Gasteiger partial charge is 0.325 e. The molecule has 7 nitrogen and oxygen atoms in total. The smallest absolute Gasteiger partial charge is 0.269 e. The number of amides is 1. The highest BCUT2D eigenvalue weighted by molar-refractivity contribution is 8.00. The molecular weight excluding hydrogens is 443 g/mol. The zero-order valence-corrected chi connectivity index (χ0v) is 18.4. The molecule has 1 amide bonds. The molecule has 4 rings (SSSR count). The molecule has 9 heteroatoms. The molecular formula is C24H19FN4O3S. The maximum Gasteiger partial charge on any atom is 0.269 e. The monoisotopic (exact) mass is 462 g/mol. The molecule has 0 bridgehead atoms. The minimum atomic E-state index is -0.495. The number of fused-ring (bicyclic) bond motifs is 1. The summed E-state index contributed by atoms with van der Waals surface area (Å²) in [5, 5.41) is 15.0. The molecule has 166 valence electrons. The van der Waals surface area contributed by atoms with Crippen molar-refractivity contribution in [1.29, 1.82) is 0 Å². The van der Waals surface area contributed by atoms with E-state index >= 15 is 0 Å². The van der Waals surface area contributed by atoms with Crippen LogP contribution in [0.15, 0.2) is 71.8 Å². The quantitative estimate of drug-likeness (QED) is 0.165.